The van der Waals surface area contributed by atoms with Gasteiger partial charge in [-0.15, -0.1) is 0 Å². The number of benzene rings is 1. The van der Waals surface area contributed by atoms with Crippen LogP contribution in [0.25, 0.3) is 0 Å². The monoisotopic (exact) mass is 351 g/mol. The standard InChI is InChI=1S/C13H13BrClF2NO/c14-10-7-9(15)1-2-11(10)18-12(19)8-3-5-13(16,17)6-4-8/h1-2,7-8H,3-6H2,(H,18,19). The molecule has 1 aliphatic carbocycles. The van der Waals surface area contributed by atoms with Crippen molar-refractivity contribution in [1.82, 2.24) is 0 Å². The SMILES string of the molecule is O=C(Nc1ccc(Cl)cc1Br)C1CCC(F)(F)CC1. The Morgan fingerprint density at radius 1 is 1.37 bits per heavy atom. The average Bonchev–Trinajstić information content (AvgIpc) is 2.32. The molecular formula is C13H13BrClF2NO. The molecule has 0 radical (unpaired) electrons. The maximum Gasteiger partial charge on any atom is 0.248 e. The van der Waals surface area contributed by atoms with Gasteiger partial charge in [-0.2, -0.15) is 0 Å². The first-order valence-electron chi connectivity index (χ1n) is 6.01. The summed E-state index contributed by atoms with van der Waals surface area (Å²) >= 11 is 9.11. The van der Waals surface area contributed by atoms with Crippen molar-refractivity contribution >= 4 is 39.1 Å². The molecule has 0 bridgehead atoms. The van der Waals surface area contributed by atoms with E-state index in [1.807, 2.05) is 0 Å². The first kappa shape index (κ1) is 14.7. The topological polar surface area (TPSA) is 29.1 Å². The van der Waals surface area contributed by atoms with Crippen molar-refractivity contribution in [3.63, 3.8) is 0 Å². The van der Waals surface area contributed by atoms with E-state index in [0.717, 1.165) is 0 Å². The van der Waals surface area contributed by atoms with E-state index in [9.17, 15) is 13.6 Å². The van der Waals surface area contributed by atoms with Gasteiger partial charge >= 0.3 is 0 Å². The highest BCUT2D eigenvalue weighted by Gasteiger charge is 2.37. The smallest absolute Gasteiger partial charge is 0.248 e. The molecule has 1 aromatic carbocycles. The molecule has 0 unspecified atom stereocenters. The van der Waals surface area contributed by atoms with Crippen molar-refractivity contribution in [3.05, 3.63) is 27.7 Å². The fraction of sp³-hybridized carbons (Fsp3) is 0.462. The second-order valence-corrected chi connectivity index (χ2v) is 6.03. The lowest BCUT2D eigenvalue weighted by Crippen LogP contribution is -2.31. The third-order valence-corrected chi connectivity index (χ3v) is 4.17. The predicted molar refractivity (Wildman–Crippen MR) is 74.7 cm³/mol. The van der Waals surface area contributed by atoms with Crippen LogP contribution in [0.4, 0.5) is 14.5 Å². The zero-order valence-electron chi connectivity index (χ0n) is 10.1. The van der Waals surface area contributed by atoms with Crippen LogP contribution in [-0.4, -0.2) is 11.8 Å². The normalized spacial score (nSPS) is 19.2. The lowest BCUT2D eigenvalue weighted by Gasteiger charge is -2.27. The zero-order chi connectivity index (χ0) is 14.0. The molecule has 0 heterocycles. The van der Waals surface area contributed by atoms with Gasteiger partial charge in [-0.3, -0.25) is 4.79 Å². The maximum absolute atomic E-state index is 13.0. The number of hydrogen-bond donors (Lipinski definition) is 1. The maximum atomic E-state index is 13.0. The van der Waals surface area contributed by atoms with E-state index in [1.165, 1.54) is 0 Å². The molecule has 1 saturated carbocycles. The highest BCUT2D eigenvalue weighted by molar-refractivity contribution is 9.10. The minimum Gasteiger partial charge on any atom is -0.325 e. The molecule has 2 rings (SSSR count). The van der Waals surface area contributed by atoms with Crippen molar-refractivity contribution in [3.8, 4) is 0 Å². The average molecular weight is 353 g/mol. The van der Waals surface area contributed by atoms with Gasteiger partial charge in [-0.05, 0) is 47.0 Å². The number of halogens is 4. The van der Waals surface area contributed by atoms with E-state index in [1.54, 1.807) is 18.2 Å². The summed E-state index contributed by atoms with van der Waals surface area (Å²) in [6.45, 7) is 0. The second-order valence-electron chi connectivity index (χ2n) is 4.74. The van der Waals surface area contributed by atoms with Gasteiger partial charge in [0.15, 0.2) is 0 Å². The summed E-state index contributed by atoms with van der Waals surface area (Å²) in [5, 5.41) is 3.30. The number of hydrogen-bond acceptors (Lipinski definition) is 1. The number of amides is 1. The summed E-state index contributed by atoms with van der Waals surface area (Å²) in [4.78, 5) is 12.0. The Morgan fingerprint density at radius 2 is 2.00 bits per heavy atom. The van der Waals surface area contributed by atoms with Crippen LogP contribution < -0.4 is 5.32 Å². The van der Waals surface area contributed by atoms with E-state index in [0.29, 0.717) is 15.2 Å². The summed E-state index contributed by atoms with van der Waals surface area (Å²) in [5.74, 6) is -3.17. The lowest BCUT2D eigenvalue weighted by atomic mass is 9.86. The van der Waals surface area contributed by atoms with Crippen molar-refractivity contribution in [1.29, 1.82) is 0 Å². The molecule has 1 aliphatic rings. The first-order chi connectivity index (χ1) is 8.87. The van der Waals surface area contributed by atoms with E-state index in [4.69, 9.17) is 11.6 Å². The summed E-state index contributed by atoms with van der Waals surface area (Å²) < 4.78 is 26.7. The number of nitrogens with one attached hydrogen (secondary N) is 1. The highest BCUT2D eigenvalue weighted by atomic mass is 79.9. The number of carbonyl (C=O) groups is 1. The molecule has 1 N–H and O–H groups in total. The number of carbonyl (C=O) groups excluding carboxylic acids is 1. The van der Waals surface area contributed by atoms with Gasteiger partial charge in [-0.25, -0.2) is 8.78 Å². The molecule has 1 amide bonds. The number of alkyl halides is 2. The quantitative estimate of drug-likeness (QED) is 0.808. The Morgan fingerprint density at radius 3 is 2.58 bits per heavy atom. The molecule has 104 valence electrons. The minimum atomic E-state index is -2.61. The van der Waals surface area contributed by atoms with Crippen LogP contribution >= 0.6 is 27.5 Å². The summed E-state index contributed by atoms with van der Waals surface area (Å²) in [5.41, 5.74) is 0.603. The molecule has 19 heavy (non-hydrogen) atoms. The molecule has 0 saturated heterocycles. The van der Waals surface area contributed by atoms with Crippen molar-refractivity contribution in [2.45, 2.75) is 31.6 Å². The molecule has 0 spiro atoms. The van der Waals surface area contributed by atoms with Crippen LogP contribution in [0.5, 0.6) is 0 Å². The molecule has 6 heteroatoms. The zero-order valence-corrected chi connectivity index (χ0v) is 12.4. The van der Waals surface area contributed by atoms with Crippen LogP contribution in [-0.2, 0) is 4.79 Å². The fourth-order valence-corrected chi connectivity index (χ4v) is 2.91. The van der Waals surface area contributed by atoms with Gasteiger partial charge in [0.1, 0.15) is 0 Å². The van der Waals surface area contributed by atoms with Gasteiger partial charge in [0.05, 0.1) is 5.69 Å². The Hall–Kier alpha value is -0.680. The molecular weight excluding hydrogens is 340 g/mol. The van der Waals surface area contributed by atoms with E-state index in [-0.39, 0.29) is 37.5 Å². The van der Waals surface area contributed by atoms with Crippen LogP contribution in [0.15, 0.2) is 22.7 Å². The van der Waals surface area contributed by atoms with Gasteiger partial charge in [-0.1, -0.05) is 11.6 Å². The van der Waals surface area contributed by atoms with Crippen LogP contribution in [0, 0.1) is 5.92 Å². The first-order valence-corrected chi connectivity index (χ1v) is 7.18. The molecule has 0 aliphatic heterocycles. The van der Waals surface area contributed by atoms with Gasteiger partial charge in [0.25, 0.3) is 0 Å². The van der Waals surface area contributed by atoms with Crippen molar-refractivity contribution < 1.29 is 13.6 Å². The minimum absolute atomic E-state index is 0.210. The third kappa shape index (κ3) is 3.89. The van der Waals surface area contributed by atoms with Crippen LogP contribution in [0.2, 0.25) is 5.02 Å². The molecule has 0 atom stereocenters. The summed E-state index contributed by atoms with van der Waals surface area (Å²) in [7, 11) is 0. The Balaban J connectivity index is 1.98. The van der Waals surface area contributed by atoms with Crippen molar-refractivity contribution in [2.75, 3.05) is 5.32 Å². The van der Waals surface area contributed by atoms with Gasteiger partial charge in [0.2, 0.25) is 11.8 Å². The molecule has 0 aromatic heterocycles. The van der Waals surface area contributed by atoms with E-state index < -0.39 is 5.92 Å². The summed E-state index contributed by atoms with van der Waals surface area (Å²) in [6, 6.07) is 5.02. The predicted octanol–water partition coefficient (Wildman–Crippen LogP) is 4.87. The highest BCUT2D eigenvalue weighted by Crippen LogP contribution is 2.37. The van der Waals surface area contributed by atoms with E-state index in [2.05, 4.69) is 21.2 Å². The van der Waals surface area contributed by atoms with Gasteiger partial charge < -0.3 is 5.32 Å². The number of rotatable bonds is 2. The lowest BCUT2D eigenvalue weighted by molar-refractivity contribution is -0.124. The second kappa shape index (κ2) is 5.75. The van der Waals surface area contributed by atoms with Crippen LogP contribution in [0.3, 0.4) is 0 Å². The summed E-state index contributed by atoms with van der Waals surface area (Å²) in [6.07, 6.45) is 0.0217. The van der Waals surface area contributed by atoms with Gasteiger partial charge in [0, 0.05) is 28.3 Å². The Labute approximate surface area is 123 Å². The largest absolute Gasteiger partial charge is 0.325 e. The molecule has 1 aromatic rings. The molecule has 1 fully saturated rings. The molecule has 2 nitrogen and oxygen atoms in total. The Bertz CT molecular complexity index is 486. The van der Waals surface area contributed by atoms with Crippen molar-refractivity contribution in [2.24, 2.45) is 5.92 Å². The number of anilines is 1. The fourth-order valence-electron chi connectivity index (χ4n) is 2.13. The van der Waals surface area contributed by atoms with E-state index >= 15 is 0 Å². The Kier molecular flexibility index (Phi) is 4.46. The third-order valence-electron chi connectivity index (χ3n) is 3.28. The van der Waals surface area contributed by atoms with Crippen LogP contribution in [0.1, 0.15) is 25.7 Å².